The molecule has 0 aromatic carbocycles. The van der Waals surface area contributed by atoms with Crippen LogP contribution in [-0.2, 0) is 18.8 Å². The number of carbonyl (C=O) groups excluding carboxylic acids is 2. The third kappa shape index (κ3) is 4.35. The third-order valence-electron chi connectivity index (χ3n) is 4.29. The summed E-state index contributed by atoms with van der Waals surface area (Å²) >= 11 is 0. The van der Waals surface area contributed by atoms with E-state index < -0.39 is 11.3 Å². The molecule has 0 aliphatic rings. The normalized spacial score (nSPS) is 11.1. The minimum Gasteiger partial charge on any atom is -0.507 e. The van der Waals surface area contributed by atoms with Crippen LogP contribution in [0.1, 0.15) is 32.2 Å². The van der Waals surface area contributed by atoms with Crippen molar-refractivity contribution in [3.05, 3.63) is 57.3 Å². The smallest absolute Gasteiger partial charge is 0.267 e. The predicted molar refractivity (Wildman–Crippen MR) is 101 cm³/mol. The number of nitrogens with zero attached hydrogens (tertiary/aromatic N) is 2. The van der Waals surface area contributed by atoms with Crippen molar-refractivity contribution in [3.8, 4) is 5.75 Å². The molecule has 0 fully saturated rings. The monoisotopic (exact) mass is 373 g/mol. The summed E-state index contributed by atoms with van der Waals surface area (Å²) in [6.45, 7) is 2.46. The Balaban J connectivity index is 2.22. The zero-order valence-electron chi connectivity index (χ0n) is 15.8. The van der Waals surface area contributed by atoms with Gasteiger partial charge in [0.25, 0.3) is 11.5 Å². The first kappa shape index (κ1) is 20.2. The van der Waals surface area contributed by atoms with Gasteiger partial charge in [0.1, 0.15) is 17.0 Å². The molecule has 0 spiro atoms. The quantitative estimate of drug-likeness (QED) is 0.428. The molecule has 0 aliphatic heterocycles. The fraction of sp³-hybridized carbons (Fsp3) is 0.316. The number of nitrogens with one attached hydrogen (secondary N) is 1. The van der Waals surface area contributed by atoms with Crippen LogP contribution in [0.4, 0.5) is 0 Å². The number of ether oxygens (including phenoxy) is 1. The second-order valence-electron chi connectivity index (χ2n) is 6.06. The van der Waals surface area contributed by atoms with E-state index in [1.54, 1.807) is 37.8 Å². The Morgan fingerprint density at radius 3 is 2.63 bits per heavy atom. The summed E-state index contributed by atoms with van der Waals surface area (Å²) in [6, 6.07) is 4.68. The average molecular weight is 373 g/mol. The minimum absolute atomic E-state index is 0.259. The summed E-state index contributed by atoms with van der Waals surface area (Å²) in [6.07, 6.45) is 2.70. The number of aromatic hydroxyl groups is 1. The molecule has 1 amide bonds. The Kier molecular flexibility index (Phi) is 6.36. The maximum Gasteiger partial charge on any atom is 0.267 e. The average Bonchev–Trinajstić information content (AvgIpc) is 2.99. The van der Waals surface area contributed by atoms with Crippen LogP contribution in [-0.4, -0.2) is 46.2 Å². The van der Waals surface area contributed by atoms with Gasteiger partial charge in [0, 0.05) is 45.2 Å². The molecule has 2 heterocycles. The van der Waals surface area contributed by atoms with E-state index in [2.05, 4.69) is 5.32 Å². The number of carbonyl (C=O) groups is 2. The standard InChI is InChI=1S/C19H23N3O5/c1-12-11-16(24)17(19(26)21(12)2)15(23)8-6-13-5-7-14(22(13)3)18(25)20-9-10-27-4/h5-8,11,24H,9-10H2,1-4H3,(H,20,25). The second-order valence-corrected chi connectivity index (χ2v) is 6.06. The molecule has 2 aromatic heterocycles. The van der Waals surface area contributed by atoms with E-state index in [-0.39, 0.29) is 17.2 Å². The molecule has 0 atom stereocenters. The zero-order chi connectivity index (χ0) is 20.1. The van der Waals surface area contributed by atoms with Gasteiger partial charge in [-0.15, -0.1) is 0 Å². The van der Waals surface area contributed by atoms with Crippen LogP contribution in [0, 0.1) is 6.92 Å². The van der Waals surface area contributed by atoms with Gasteiger partial charge >= 0.3 is 0 Å². The van der Waals surface area contributed by atoms with E-state index >= 15 is 0 Å². The highest BCUT2D eigenvalue weighted by Gasteiger charge is 2.17. The molecule has 2 N–H and O–H groups in total. The number of ketones is 1. The lowest BCUT2D eigenvalue weighted by molar-refractivity contribution is 0.0928. The topological polar surface area (TPSA) is 103 Å². The van der Waals surface area contributed by atoms with Crippen molar-refractivity contribution < 1.29 is 19.4 Å². The molecule has 144 valence electrons. The van der Waals surface area contributed by atoms with Gasteiger partial charge in [0.15, 0.2) is 5.78 Å². The maximum absolute atomic E-state index is 12.4. The first-order chi connectivity index (χ1) is 12.8. The Morgan fingerprint density at radius 2 is 1.96 bits per heavy atom. The Labute approximate surface area is 156 Å². The molecule has 2 rings (SSSR count). The highest BCUT2D eigenvalue weighted by atomic mass is 16.5. The molecule has 27 heavy (non-hydrogen) atoms. The zero-order valence-corrected chi connectivity index (χ0v) is 15.8. The molecule has 0 radical (unpaired) electrons. The number of hydrogen-bond acceptors (Lipinski definition) is 5. The van der Waals surface area contributed by atoms with Crippen molar-refractivity contribution in [1.82, 2.24) is 14.5 Å². The van der Waals surface area contributed by atoms with Gasteiger partial charge < -0.3 is 24.3 Å². The third-order valence-corrected chi connectivity index (χ3v) is 4.29. The number of methoxy groups -OCH3 is 1. The molecule has 8 heteroatoms. The molecule has 0 unspecified atom stereocenters. The van der Waals surface area contributed by atoms with Crippen molar-refractivity contribution >= 4 is 17.8 Å². The molecular weight excluding hydrogens is 350 g/mol. The number of amides is 1. The van der Waals surface area contributed by atoms with Crippen LogP contribution >= 0.6 is 0 Å². The van der Waals surface area contributed by atoms with Gasteiger partial charge in [0.05, 0.1) is 6.61 Å². The van der Waals surface area contributed by atoms with Gasteiger partial charge in [0.2, 0.25) is 0 Å². The van der Waals surface area contributed by atoms with Crippen molar-refractivity contribution in [2.45, 2.75) is 6.92 Å². The van der Waals surface area contributed by atoms with Crippen LogP contribution in [0.3, 0.4) is 0 Å². The van der Waals surface area contributed by atoms with E-state index in [1.807, 2.05) is 0 Å². The maximum atomic E-state index is 12.4. The van der Waals surface area contributed by atoms with E-state index in [4.69, 9.17) is 4.74 Å². The summed E-state index contributed by atoms with van der Waals surface area (Å²) in [5, 5.41) is 12.7. The summed E-state index contributed by atoms with van der Waals surface area (Å²) in [5.74, 6) is -1.22. The molecule has 0 saturated heterocycles. The number of aromatic nitrogens is 2. The van der Waals surface area contributed by atoms with E-state index in [0.717, 1.165) is 0 Å². The van der Waals surface area contributed by atoms with Crippen LogP contribution in [0.5, 0.6) is 5.75 Å². The largest absolute Gasteiger partial charge is 0.507 e. The lowest BCUT2D eigenvalue weighted by Crippen LogP contribution is -2.28. The minimum atomic E-state index is -0.611. The molecule has 0 saturated carbocycles. The number of rotatable bonds is 7. The summed E-state index contributed by atoms with van der Waals surface area (Å²) < 4.78 is 7.81. The van der Waals surface area contributed by atoms with E-state index in [1.165, 1.54) is 29.8 Å². The number of aryl methyl sites for hydroxylation is 1. The van der Waals surface area contributed by atoms with Gasteiger partial charge in [-0.2, -0.15) is 0 Å². The van der Waals surface area contributed by atoms with Crippen molar-refractivity contribution in [2.75, 3.05) is 20.3 Å². The fourth-order valence-corrected chi connectivity index (χ4v) is 2.56. The van der Waals surface area contributed by atoms with Crippen LogP contribution in [0.15, 0.2) is 29.1 Å². The van der Waals surface area contributed by atoms with Gasteiger partial charge in [-0.05, 0) is 31.2 Å². The SMILES string of the molecule is COCCNC(=O)c1ccc(C=CC(=O)c2c(O)cc(C)n(C)c2=O)n1C. The van der Waals surface area contributed by atoms with Crippen LogP contribution in [0.25, 0.3) is 6.08 Å². The van der Waals surface area contributed by atoms with Crippen molar-refractivity contribution in [2.24, 2.45) is 14.1 Å². The van der Waals surface area contributed by atoms with E-state index in [0.29, 0.717) is 30.2 Å². The Hall–Kier alpha value is -3.13. The molecule has 0 aliphatic carbocycles. The summed E-state index contributed by atoms with van der Waals surface area (Å²) in [7, 11) is 4.77. The fourth-order valence-electron chi connectivity index (χ4n) is 2.56. The molecule has 0 bridgehead atoms. The highest BCUT2D eigenvalue weighted by Crippen LogP contribution is 2.16. The van der Waals surface area contributed by atoms with Crippen molar-refractivity contribution in [3.63, 3.8) is 0 Å². The molecule has 8 nitrogen and oxygen atoms in total. The van der Waals surface area contributed by atoms with E-state index in [9.17, 15) is 19.5 Å². The Bertz CT molecular complexity index is 953. The first-order valence-electron chi connectivity index (χ1n) is 8.32. The van der Waals surface area contributed by atoms with Gasteiger partial charge in [-0.1, -0.05) is 0 Å². The van der Waals surface area contributed by atoms with Crippen molar-refractivity contribution in [1.29, 1.82) is 0 Å². The lowest BCUT2D eigenvalue weighted by atomic mass is 10.1. The van der Waals surface area contributed by atoms with Gasteiger partial charge in [-0.3, -0.25) is 14.4 Å². The second kappa shape index (κ2) is 8.50. The Morgan fingerprint density at radius 1 is 1.26 bits per heavy atom. The summed E-state index contributed by atoms with van der Waals surface area (Å²) in [4.78, 5) is 36.7. The number of hydrogen-bond donors (Lipinski definition) is 2. The number of pyridine rings is 1. The predicted octanol–water partition coefficient (Wildman–Crippen LogP) is 1.01. The van der Waals surface area contributed by atoms with Crippen LogP contribution < -0.4 is 10.9 Å². The molecule has 2 aromatic rings. The first-order valence-corrected chi connectivity index (χ1v) is 8.32. The lowest BCUT2D eigenvalue weighted by Gasteiger charge is -2.08. The summed E-state index contributed by atoms with van der Waals surface area (Å²) in [5.41, 5.74) is 0.721. The van der Waals surface area contributed by atoms with Gasteiger partial charge in [-0.25, -0.2) is 0 Å². The highest BCUT2D eigenvalue weighted by molar-refractivity contribution is 6.08. The molecular formula is C19H23N3O5. The van der Waals surface area contributed by atoms with Crippen LogP contribution in [0.2, 0.25) is 0 Å². The number of allylic oxidation sites excluding steroid dienone is 1.